The zero-order valence-corrected chi connectivity index (χ0v) is 14.6. The van der Waals surface area contributed by atoms with Crippen molar-refractivity contribution in [2.45, 2.75) is 6.92 Å². The molecule has 0 aliphatic heterocycles. The number of benzene rings is 1. The average molecular weight is 369 g/mol. The van der Waals surface area contributed by atoms with Gasteiger partial charge in [-0.3, -0.25) is 0 Å². The van der Waals surface area contributed by atoms with Gasteiger partial charge in [0.05, 0.1) is 10.6 Å². The molecule has 4 rings (SSSR count). The highest BCUT2D eigenvalue weighted by atomic mass is 32.1. The van der Waals surface area contributed by atoms with Crippen LogP contribution in [0.25, 0.3) is 21.3 Å². The first-order valence-corrected chi connectivity index (χ1v) is 9.00. The molecule has 1 aromatic carbocycles. The summed E-state index contributed by atoms with van der Waals surface area (Å²) in [6.45, 7) is 1.81. The quantitative estimate of drug-likeness (QED) is 0.391. The summed E-state index contributed by atoms with van der Waals surface area (Å²) < 4.78 is 10.6. The van der Waals surface area contributed by atoms with E-state index in [0.717, 1.165) is 15.4 Å². The van der Waals surface area contributed by atoms with Crippen molar-refractivity contribution >= 4 is 28.6 Å². The van der Waals surface area contributed by atoms with Gasteiger partial charge in [0.2, 0.25) is 12.3 Å². The molecule has 0 unspecified atom stereocenters. The van der Waals surface area contributed by atoms with Gasteiger partial charge in [0.25, 0.3) is 0 Å². The number of hydrogen-bond acceptors (Lipinski definition) is 8. The minimum absolute atomic E-state index is 0.414. The Hall–Kier alpha value is -2.84. The summed E-state index contributed by atoms with van der Waals surface area (Å²) in [5, 5.41) is 10.3. The lowest BCUT2D eigenvalue weighted by atomic mass is 10.2. The fraction of sp³-hybridized carbons (Fsp3) is 0.0588. The third-order valence-electron chi connectivity index (χ3n) is 3.39. The SMILES string of the molecule is Cc1nc(-c2cccs2)sc1C(=O)Oc1ccc(-c2nnco2)cc1. The van der Waals surface area contributed by atoms with E-state index >= 15 is 0 Å². The summed E-state index contributed by atoms with van der Waals surface area (Å²) in [4.78, 5) is 18.4. The van der Waals surface area contributed by atoms with Gasteiger partial charge in [-0.15, -0.1) is 32.9 Å². The van der Waals surface area contributed by atoms with Crippen molar-refractivity contribution in [2.75, 3.05) is 0 Å². The van der Waals surface area contributed by atoms with Crippen LogP contribution in [0.3, 0.4) is 0 Å². The van der Waals surface area contributed by atoms with Crippen LogP contribution in [0.15, 0.2) is 52.6 Å². The summed E-state index contributed by atoms with van der Waals surface area (Å²) >= 11 is 2.93. The zero-order valence-electron chi connectivity index (χ0n) is 13.0. The molecule has 0 amide bonds. The molecule has 0 saturated carbocycles. The van der Waals surface area contributed by atoms with Crippen LogP contribution in [0.5, 0.6) is 5.75 Å². The van der Waals surface area contributed by atoms with Gasteiger partial charge in [0.15, 0.2) is 0 Å². The Labute approximate surface area is 150 Å². The number of carbonyl (C=O) groups excluding carboxylic acids is 1. The molecule has 0 saturated heterocycles. The molecular formula is C17H11N3O3S2. The van der Waals surface area contributed by atoms with Crippen molar-refractivity contribution in [3.05, 3.63) is 58.7 Å². The topological polar surface area (TPSA) is 78.1 Å². The Balaban J connectivity index is 1.52. The van der Waals surface area contributed by atoms with Crippen LogP contribution in [-0.2, 0) is 0 Å². The van der Waals surface area contributed by atoms with Gasteiger partial charge in [-0.1, -0.05) is 6.07 Å². The van der Waals surface area contributed by atoms with Crippen LogP contribution >= 0.6 is 22.7 Å². The van der Waals surface area contributed by atoms with Gasteiger partial charge in [-0.05, 0) is 42.6 Å². The molecule has 25 heavy (non-hydrogen) atoms. The molecule has 0 bridgehead atoms. The van der Waals surface area contributed by atoms with Gasteiger partial charge in [0, 0.05) is 5.56 Å². The van der Waals surface area contributed by atoms with Gasteiger partial charge in [0.1, 0.15) is 15.6 Å². The maximum absolute atomic E-state index is 12.4. The number of esters is 1. The van der Waals surface area contributed by atoms with Crippen LogP contribution in [0.4, 0.5) is 0 Å². The summed E-state index contributed by atoms with van der Waals surface area (Å²) in [7, 11) is 0. The predicted octanol–water partition coefficient (Wildman–Crippen LogP) is 4.45. The van der Waals surface area contributed by atoms with Crippen LogP contribution in [0, 0.1) is 6.92 Å². The Morgan fingerprint density at radius 1 is 1.20 bits per heavy atom. The van der Waals surface area contributed by atoms with Gasteiger partial charge < -0.3 is 9.15 Å². The maximum Gasteiger partial charge on any atom is 0.355 e. The van der Waals surface area contributed by atoms with Crippen molar-refractivity contribution in [1.29, 1.82) is 0 Å². The largest absolute Gasteiger partial charge is 0.423 e. The molecule has 3 heterocycles. The Morgan fingerprint density at radius 2 is 2.04 bits per heavy atom. The lowest BCUT2D eigenvalue weighted by molar-refractivity contribution is 0.0739. The normalized spacial score (nSPS) is 10.8. The number of carbonyl (C=O) groups is 1. The third kappa shape index (κ3) is 3.21. The molecule has 0 atom stereocenters. The minimum Gasteiger partial charge on any atom is -0.423 e. The molecule has 4 aromatic rings. The van der Waals surface area contributed by atoms with Crippen molar-refractivity contribution in [1.82, 2.24) is 15.2 Å². The Bertz CT molecular complexity index is 991. The highest BCUT2D eigenvalue weighted by molar-refractivity contribution is 7.22. The molecule has 3 aromatic heterocycles. The van der Waals surface area contributed by atoms with E-state index in [0.29, 0.717) is 22.2 Å². The minimum atomic E-state index is -0.414. The Morgan fingerprint density at radius 3 is 2.72 bits per heavy atom. The highest BCUT2D eigenvalue weighted by Crippen LogP contribution is 2.31. The number of rotatable bonds is 4. The standard InChI is InChI=1S/C17H11N3O3S2/c1-10-14(25-16(19-10)13-3-2-8-24-13)17(21)23-12-6-4-11(5-7-12)15-20-18-9-22-15/h2-9H,1H3. The summed E-state index contributed by atoms with van der Waals surface area (Å²) in [6, 6.07) is 10.8. The average Bonchev–Trinajstić information content (AvgIpc) is 3.37. The lowest BCUT2D eigenvalue weighted by Crippen LogP contribution is -2.07. The van der Waals surface area contributed by atoms with E-state index in [1.54, 1.807) is 35.6 Å². The van der Waals surface area contributed by atoms with E-state index in [9.17, 15) is 4.79 Å². The zero-order chi connectivity index (χ0) is 17.2. The fourth-order valence-electron chi connectivity index (χ4n) is 2.21. The second-order valence-electron chi connectivity index (χ2n) is 5.07. The summed E-state index contributed by atoms with van der Waals surface area (Å²) in [5.41, 5.74) is 1.42. The number of nitrogens with zero attached hydrogens (tertiary/aromatic N) is 3. The number of aromatic nitrogens is 3. The molecule has 0 radical (unpaired) electrons. The molecule has 0 N–H and O–H groups in total. The second kappa shape index (κ2) is 6.58. The van der Waals surface area contributed by atoms with E-state index < -0.39 is 5.97 Å². The van der Waals surface area contributed by atoms with E-state index in [2.05, 4.69) is 15.2 Å². The number of ether oxygens (including phenoxy) is 1. The maximum atomic E-state index is 12.4. The van der Waals surface area contributed by atoms with Crippen LogP contribution in [0.2, 0.25) is 0 Å². The molecule has 6 nitrogen and oxygen atoms in total. The van der Waals surface area contributed by atoms with E-state index in [1.807, 2.05) is 24.4 Å². The van der Waals surface area contributed by atoms with Crippen LogP contribution in [0.1, 0.15) is 15.4 Å². The molecule has 8 heteroatoms. The second-order valence-corrected chi connectivity index (χ2v) is 7.02. The predicted molar refractivity (Wildman–Crippen MR) is 94.9 cm³/mol. The first-order chi connectivity index (χ1) is 12.2. The first kappa shape index (κ1) is 15.7. The van der Waals surface area contributed by atoms with Crippen molar-refractivity contribution in [3.8, 4) is 27.1 Å². The highest BCUT2D eigenvalue weighted by Gasteiger charge is 2.18. The number of hydrogen-bond donors (Lipinski definition) is 0. The number of aryl methyl sites for hydroxylation is 1. The van der Waals surface area contributed by atoms with Crippen LogP contribution in [-0.4, -0.2) is 21.2 Å². The van der Waals surface area contributed by atoms with Crippen molar-refractivity contribution < 1.29 is 13.9 Å². The van der Waals surface area contributed by atoms with Gasteiger partial charge in [-0.25, -0.2) is 9.78 Å². The monoisotopic (exact) mass is 369 g/mol. The molecular weight excluding hydrogens is 358 g/mol. The van der Waals surface area contributed by atoms with Crippen molar-refractivity contribution in [2.24, 2.45) is 0 Å². The van der Waals surface area contributed by atoms with Crippen LogP contribution < -0.4 is 4.74 Å². The summed E-state index contributed by atoms with van der Waals surface area (Å²) in [5.74, 6) is 0.443. The summed E-state index contributed by atoms with van der Waals surface area (Å²) in [6.07, 6.45) is 1.26. The molecule has 0 aliphatic rings. The molecule has 0 aliphatic carbocycles. The number of thiazole rings is 1. The molecule has 0 spiro atoms. The fourth-order valence-corrected chi connectivity index (χ4v) is 3.95. The van der Waals surface area contributed by atoms with E-state index in [4.69, 9.17) is 9.15 Å². The molecule has 0 fully saturated rings. The third-order valence-corrected chi connectivity index (χ3v) is 5.56. The first-order valence-electron chi connectivity index (χ1n) is 7.31. The van der Waals surface area contributed by atoms with Crippen molar-refractivity contribution in [3.63, 3.8) is 0 Å². The van der Waals surface area contributed by atoms with E-state index in [-0.39, 0.29) is 0 Å². The molecule has 124 valence electrons. The van der Waals surface area contributed by atoms with Gasteiger partial charge >= 0.3 is 5.97 Å². The lowest BCUT2D eigenvalue weighted by Gasteiger charge is -2.03. The Kier molecular flexibility index (Phi) is 4.12. The smallest absolute Gasteiger partial charge is 0.355 e. The van der Waals surface area contributed by atoms with E-state index in [1.165, 1.54) is 17.7 Å². The van der Waals surface area contributed by atoms with Gasteiger partial charge in [-0.2, -0.15) is 0 Å². The number of thiophene rings is 1.